The summed E-state index contributed by atoms with van der Waals surface area (Å²) in [5, 5.41) is 30.3. The van der Waals surface area contributed by atoms with Gasteiger partial charge in [0.2, 0.25) is 5.43 Å². The summed E-state index contributed by atoms with van der Waals surface area (Å²) < 4.78 is 17.0. The molecule has 3 aromatic rings. The SMILES string of the molecule is COc1cc2c(c3oc4c(O)cccc4c(=O)c13)C[C@H]([C@@](C)(O)CO)O2. The Kier molecular flexibility index (Phi) is 3.61. The van der Waals surface area contributed by atoms with Crippen LogP contribution < -0.4 is 14.9 Å². The number of phenols is 1. The van der Waals surface area contributed by atoms with E-state index in [0.29, 0.717) is 11.3 Å². The number of aliphatic hydroxyl groups excluding tert-OH is 1. The van der Waals surface area contributed by atoms with E-state index in [2.05, 4.69) is 0 Å². The lowest BCUT2D eigenvalue weighted by Gasteiger charge is -2.26. The third-order valence-electron chi connectivity index (χ3n) is 4.87. The molecular formula is C19H18O7. The molecule has 2 heterocycles. The van der Waals surface area contributed by atoms with Crippen LogP contribution in [0.5, 0.6) is 17.2 Å². The molecule has 3 N–H and O–H groups in total. The van der Waals surface area contributed by atoms with Crippen LogP contribution in [0.3, 0.4) is 0 Å². The maximum Gasteiger partial charge on any atom is 0.204 e. The van der Waals surface area contributed by atoms with Crippen molar-refractivity contribution in [3.63, 3.8) is 0 Å². The summed E-state index contributed by atoms with van der Waals surface area (Å²) in [4.78, 5) is 13.0. The summed E-state index contributed by atoms with van der Waals surface area (Å²) in [6, 6.07) is 6.16. The molecular weight excluding hydrogens is 340 g/mol. The van der Waals surface area contributed by atoms with Crippen molar-refractivity contribution in [3.8, 4) is 17.2 Å². The van der Waals surface area contributed by atoms with Crippen LogP contribution in [0.25, 0.3) is 21.9 Å². The molecule has 1 aromatic heterocycles. The lowest BCUT2D eigenvalue weighted by atomic mass is 9.95. The molecule has 0 radical (unpaired) electrons. The van der Waals surface area contributed by atoms with Gasteiger partial charge in [-0.1, -0.05) is 6.07 Å². The molecule has 2 atom stereocenters. The number of rotatable bonds is 3. The molecule has 26 heavy (non-hydrogen) atoms. The summed E-state index contributed by atoms with van der Waals surface area (Å²) in [5.74, 6) is 0.545. The fraction of sp³-hybridized carbons (Fsp3) is 0.316. The third kappa shape index (κ3) is 2.24. The Labute approximate surface area is 148 Å². The second-order valence-corrected chi connectivity index (χ2v) is 6.67. The average Bonchev–Trinajstić information content (AvgIpc) is 3.07. The van der Waals surface area contributed by atoms with Gasteiger partial charge >= 0.3 is 0 Å². The Morgan fingerprint density at radius 1 is 1.35 bits per heavy atom. The van der Waals surface area contributed by atoms with Crippen molar-refractivity contribution in [3.05, 3.63) is 40.1 Å². The number of ether oxygens (including phenoxy) is 2. The topological polar surface area (TPSA) is 109 Å². The number of fused-ring (bicyclic) bond motifs is 4. The van der Waals surface area contributed by atoms with E-state index in [9.17, 15) is 20.1 Å². The number of para-hydroxylation sites is 1. The summed E-state index contributed by atoms with van der Waals surface area (Å²) >= 11 is 0. The van der Waals surface area contributed by atoms with Crippen molar-refractivity contribution in [2.24, 2.45) is 0 Å². The first-order chi connectivity index (χ1) is 12.4. The lowest BCUT2D eigenvalue weighted by molar-refractivity contribution is -0.0729. The summed E-state index contributed by atoms with van der Waals surface area (Å²) in [5.41, 5.74) is -0.874. The van der Waals surface area contributed by atoms with Gasteiger partial charge in [0.25, 0.3) is 0 Å². The van der Waals surface area contributed by atoms with Crippen LogP contribution in [-0.4, -0.2) is 40.7 Å². The zero-order valence-corrected chi connectivity index (χ0v) is 14.3. The van der Waals surface area contributed by atoms with E-state index in [1.165, 1.54) is 20.1 Å². The molecule has 1 aliphatic heterocycles. The Hall–Kier alpha value is -2.77. The van der Waals surface area contributed by atoms with E-state index in [1.807, 2.05) is 0 Å². The van der Waals surface area contributed by atoms with Gasteiger partial charge in [0.05, 0.1) is 19.1 Å². The third-order valence-corrected chi connectivity index (χ3v) is 4.87. The van der Waals surface area contributed by atoms with Gasteiger partial charge in [-0.3, -0.25) is 4.79 Å². The van der Waals surface area contributed by atoms with Gasteiger partial charge in [-0.15, -0.1) is 0 Å². The van der Waals surface area contributed by atoms with Crippen molar-refractivity contribution < 1.29 is 29.2 Å². The molecule has 0 saturated carbocycles. The van der Waals surface area contributed by atoms with Gasteiger partial charge in [0.1, 0.15) is 34.2 Å². The maximum atomic E-state index is 13.0. The molecule has 7 nitrogen and oxygen atoms in total. The number of methoxy groups -OCH3 is 1. The molecule has 0 saturated heterocycles. The van der Waals surface area contributed by atoms with Crippen LogP contribution in [0.1, 0.15) is 12.5 Å². The molecule has 0 spiro atoms. The number of aromatic hydroxyl groups is 1. The highest BCUT2D eigenvalue weighted by molar-refractivity contribution is 5.97. The number of aliphatic hydroxyl groups is 2. The van der Waals surface area contributed by atoms with Crippen LogP contribution in [0, 0.1) is 0 Å². The first kappa shape index (κ1) is 16.7. The molecule has 0 amide bonds. The van der Waals surface area contributed by atoms with Crippen molar-refractivity contribution in [1.82, 2.24) is 0 Å². The lowest BCUT2D eigenvalue weighted by Crippen LogP contribution is -2.45. The van der Waals surface area contributed by atoms with E-state index in [0.717, 1.165) is 0 Å². The van der Waals surface area contributed by atoms with Crippen molar-refractivity contribution in [2.45, 2.75) is 25.0 Å². The second-order valence-electron chi connectivity index (χ2n) is 6.67. The van der Waals surface area contributed by atoms with E-state index in [1.54, 1.807) is 18.2 Å². The quantitative estimate of drug-likeness (QED) is 0.612. The van der Waals surface area contributed by atoms with Gasteiger partial charge < -0.3 is 29.2 Å². The Morgan fingerprint density at radius 3 is 2.81 bits per heavy atom. The summed E-state index contributed by atoms with van der Waals surface area (Å²) in [7, 11) is 1.43. The molecule has 2 aromatic carbocycles. The number of hydrogen-bond acceptors (Lipinski definition) is 7. The summed E-state index contributed by atoms with van der Waals surface area (Å²) in [6.45, 7) is 0.995. The van der Waals surface area contributed by atoms with Gasteiger partial charge in [-0.25, -0.2) is 0 Å². The van der Waals surface area contributed by atoms with Crippen molar-refractivity contribution in [1.29, 1.82) is 0 Å². The van der Waals surface area contributed by atoms with Crippen LogP contribution in [0.15, 0.2) is 33.5 Å². The van der Waals surface area contributed by atoms with E-state index in [-0.39, 0.29) is 45.3 Å². The standard InChI is InChI=1S/C19H18O7/c1-19(23,8-20)14-6-10-12(25-14)7-13(24-2)15-16(22)9-4-3-5-11(21)17(9)26-18(10)15/h3-5,7,14,20-21,23H,6,8H2,1-2H3/t14-,19+/m1/s1. The van der Waals surface area contributed by atoms with E-state index in [4.69, 9.17) is 13.9 Å². The zero-order valence-electron chi connectivity index (χ0n) is 14.3. The molecule has 4 rings (SSSR count). The van der Waals surface area contributed by atoms with Crippen LogP contribution in [-0.2, 0) is 6.42 Å². The van der Waals surface area contributed by atoms with Gasteiger partial charge in [0.15, 0.2) is 11.3 Å². The monoisotopic (exact) mass is 358 g/mol. The van der Waals surface area contributed by atoms with Crippen LogP contribution in [0.4, 0.5) is 0 Å². The Balaban J connectivity index is 2.06. The zero-order chi connectivity index (χ0) is 18.6. The minimum absolute atomic E-state index is 0.0813. The number of hydrogen-bond donors (Lipinski definition) is 3. The largest absolute Gasteiger partial charge is 0.504 e. The molecule has 0 aliphatic carbocycles. The van der Waals surface area contributed by atoms with Gasteiger partial charge in [0, 0.05) is 18.1 Å². The van der Waals surface area contributed by atoms with Crippen LogP contribution >= 0.6 is 0 Å². The van der Waals surface area contributed by atoms with Crippen molar-refractivity contribution in [2.75, 3.05) is 13.7 Å². The molecule has 0 fully saturated rings. The Bertz CT molecular complexity index is 1080. The minimum atomic E-state index is -1.46. The highest BCUT2D eigenvalue weighted by atomic mass is 16.5. The van der Waals surface area contributed by atoms with Gasteiger partial charge in [-0.2, -0.15) is 0 Å². The Morgan fingerprint density at radius 2 is 2.12 bits per heavy atom. The molecule has 1 aliphatic rings. The first-order valence-electron chi connectivity index (χ1n) is 8.15. The van der Waals surface area contributed by atoms with E-state index < -0.39 is 18.3 Å². The minimum Gasteiger partial charge on any atom is -0.504 e. The molecule has 136 valence electrons. The molecule has 0 bridgehead atoms. The number of benzene rings is 2. The fourth-order valence-electron chi connectivity index (χ4n) is 3.32. The van der Waals surface area contributed by atoms with Gasteiger partial charge in [-0.05, 0) is 19.1 Å². The molecule has 7 heteroatoms. The highest BCUT2D eigenvalue weighted by Crippen LogP contribution is 2.43. The predicted octanol–water partition coefficient (Wildman–Crippen LogP) is 1.71. The second kappa shape index (κ2) is 5.62. The smallest absolute Gasteiger partial charge is 0.204 e. The predicted molar refractivity (Wildman–Crippen MR) is 94.0 cm³/mol. The maximum absolute atomic E-state index is 13.0. The first-order valence-corrected chi connectivity index (χ1v) is 8.15. The normalized spacial score (nSPS) is 18.5. The fourth-order valence-corrected chi connectivity index (χ4v) is 3.32. The summed E-state index contributed by atoms with van der Waals surface area (Å²) in [6.07, 6.45) is -0.464. The van der Waals surface area contributed by atoms with E-state index >= 15 is 0 Å². The number of phenolic OH excluding ortho intramolecular Hbond substituents is 1. The van der Waals surface area contributed by atoms with Crippen molar-refractivity contribution >= 4 is 21.9 Å². The highest BCUT2D eigenvalue weighted by Gasteiger charge is 2.40. The average molecular weight is 358 g/mol. The van der Waals surface area contributed by atoms with Crippen LogP contribution in [0.2, 0.25) is 0 Å². The molecule has 0 unspecified atom stereocenters.